The molecular weight excluding hydrogens is 406 g/mol. The van der Waals surface area contributed by atoms with Gasteiger partial charge in [0, 0.05) is 30.7 Å². The van der Waals surface area contributed by atoms with Crippen molar-refractivity contribution in [3.05, 3.63) is 46.9 Å². The van der Waals surface area contributed by atoms with E-state index in [2.05, 4.69) is 0 Å². The molecule has 0 spiro atoms. The van der Waals surface area contributed by atoms with E-state index in [1.807, 2.05) is 18.2 Å². The number of amides is 3. The Bertz CT molecular complexity index is 881. The highest BCUT2D eigenvalue weighted by Crippen LogP contribution is 2.36. The van der Waals surface area contributed by atoms with E-state index >= 15 is 0 Å². The second-order valence-electron chi connectivity index (χ2n) is 8.19. The van der Waals surface area contributed by atoms with Gasteiger partial charge in [-0.05, 0) is 42.9 Å². The van der Waals surface area contributed by atoms with Crippen LogP contribution in [-0.4, -0.2) is 56.8 Å². The molecule has 1 saturated heterocycles. The minimum Gasteiger partial charge on any atom is -0.465 e. The Balaban J connectivity index is 1.65. The van der Waals surface area contributed by atoms with Crippen LogP contribution in [0.25, 0.3) is 0 Å². The van der Waals surface area contributed by atoms with Crippen molar-refractivity contribution in [2.75, 3.05) is 13.1 Å². The van der Waals surface area contributed by atoms with Crippen molar-refractivity contribution < 1.29 is 19.5 Å². The highest BCUT2D eigenvalue weighted by molar-refractivity contribution is 6.30. The third-order valence-corrected chi connectivity index (χ3v) is 6.52. The summed E-state index contributed by atoms with van der Waals surface area (Å²) < 4.78 is 0. The maximum Gasteiger partial charge on any atom is 0.413 e. The molecule has 0 aromatic heterocycles. The molecule has 1 aromatic rings. The second kappa shape index (κ2) is 8.68. The summed E-state index contributed by atoms with van der Waals surface area (Å²) in [4.78, 5) is 42.4. The SMILES string of the molecule is O=C1[C@H](C2CCCCC2)N2C(=O)CCN(C(=O)O)C2=CN1CCc1cccc(Cl)c1. The van der Waals surface area contributed by atoms with Gasteiger partial charge in [-0.3, -0.25) is 19.4 Å². The number of hydrogen-bond donors (Lipinski definition) is 1. The van der Waals surface area contributed by atoms with Gasteiger partial charge in [-0.25, -0.2) is 4.79 Å². The van der Waals surface area contributed by atoms with Crippen LogP contribution in [-0.2, 0) is 16.0 Å². The van der Waals surface area contributed by atoms with Gasteiger partial charge in [-0.2, -0.15) is 0 Å². The van der Waals surface area contributed by atoms with Crippen LogP contribution in [0.1, 0.15) is 44.1 Å². The van der Waals surface area contributed by atoms with E-state index < -0.39 is 12.1 Å². The Kier molecular flexibility index (Phi) is 5.99. The standard InChI is InChI=1S/C22H26ClN3O4/c23-17-8-4-5-15(13-17)9-11-24-14-18-25(22(29)30)12-10-19(27)26(18)20(21(24)28)16-6-2-1-3-7-16/h4-5,8,13-14,16,20H,1-3,6-7,9-12H2,(H,29,30)/t20-/m0/s1. The smallest absolute Gasteiger partial charge is 0.413 e. The molecular formula is C22H26ClN3O4. The predicted molar refractivity (Wildman–Crippen MR) is 112 cm³/mol. The third-order valence-electron chi connectivity index (χ3n) is 6.28. The molecule has 1 aromatic carbocycles. The molecule has 1 saturated carbocycles. The van der Waals surface area contributed by atoms with Crippen LogP contribution in [0.15, 0.2) is 36.3 Å². The molecule has 30 heavy (non-hydrogen) atoms. The minimum atomic E-state index is -1.11. The van der Waals surface area contributed by atoms with Gasteiger partial charge in [-0.1, -0.05) is 43.0 Å². The number of halogens is 1. The first kappa shape index (κ1) is 20.7. The van der Waals surface area contributed by atoms with E-state index in [-0.39, 0.29) is 30.7 Å². The van der Waals surface area contributed by atoms with Gasteiger partial charge in [0.1, 0.15) is 11.9 Å². The van der Waals surface area contributed by atoms with E-state index in [0.717, 1.165) is 37.7 Å². The zero-order valence-corrected chi connectivity index (χ0v) is 17.6. The van der Waals surface area contributed by atoms with Gasteiger partial charge in [0.25, 0.3) is 0 Å². The van der Waals surface area contributed by atoms with E-state index in [0.29, 0.717) is 23.8 Å². The van der Waals surface area contributed by atoms with Crippen LogP contribution >= 0.6 is 11.6 Å². The number of rotatable bonds is 4. The molecule has 2 heterocycles. The van der Waals surface area contributed by atoms with Crippen molar-refractivity contribution in [3.63, 3.8) is 0 Å². The molecule has 3 amide bonds. The monoisotopic (exact) mass is 431 g/mol. The molecule has 160 valence electrons. The van der Waals surface area contributed by atoms with Gasteiger partial charge in [0.15, 0.2) is 0 Å². The average Bonchev–Trinajstić information content (AvgIpc) is 2.73. The summed E-state index contributed by atoms with van der Waals surface area (Å²) in [5.74, 6) is 0.0757. The van der Waals surface area contributed by atoms with Gasteiger partial charge in [0.2, 0.25) is 11.8 Å². The maximum absolute atomic E-state index is 13.5. The topological polar surface area (TPSA) is 81.2 Å². The fourth-order valence-electron chi connectivity index (χ4n) is 4.79. The summed E-state index contributed by atoms with van der Waals surface area (Å²) in [5.41, 5.74) is 1.00. The molecule has 3 aliphatic rings. The predicted octanol–water partition coefficient (Wildman–Crippen LogP) is 3.68. The summed E-state index contributed by atoms with van der Waals surface area (Å²) >= 11 is 6.07. The molecule has 2 aliphatic heterocycles. The first-order valence-corrected chi connectivity index (χ1v) is 10.9. The molecule has 1 N–H and O–H groups in total. The second-order valence-corrected chi connectivity index (χ2v) is 8.63. The molecule has 2 fully saturated rings. The normalized spacial score (nSPS) is 22.8. The Morgan fingerprint density at radius 2 is 1.93 bits per heavy atom. The zero-order chi connectivity index (χ0) is 21.3. The lowest BCUT2D eigenvalue weighted by atomic mass is 9.81. The summed E-state index contributed by atoms with van der Waals surface area (Å²) in [6, 6.07) is 6.86. The zero-order valence-electron chi connectivity index (χ0n) is 16.8. The molecule has 0 unspecified atom stereocenters. The van der Waals surface area contributed by atoms with Crippen LogP contribution in [0.4, 0.5) is 4.79 Å². The van der Waals surface area contributed by atoms with Crippen molar-refractivity contribution in [3.8, 4) is 0 Å². The van der Waals surface area contributed by atoms with E-state index in [9.17, 15) is 19.5 Å². The van der Waals surface area contributed by atoms with E-state index in [1.54, 1.807) is 11.0 Å². The summed E-state index contributed by atoms with van der Waals surface area (Å²) in [6.07, 6.45) is 6.07. The van der Waals surface area contributed by atoms with Gasteiger partial charge in [-0.15, -0.1) is 0 Å². The summed E-state index contributed by atoms with van der Waals surface area (Å²) in [6.45, 7) is 0.519. The first-order chi connectivity index (χ1) is 14.5. The highest BCUT2D eigenvalue weighted by atomic mass is 35.5. The van der Waals surface area contributed by atoms with Crippen LogP contribution < -0.4 is 0 Å². The molecule has 1 aliphatic carbocycles. The molecule has 7 nitrogen and oxygen atoms in total. The Morgan fingerprint density at radius 1 is 1.17 bits per heavy atom. The summed E-state index contributed by atoms with van der Waals surface area (Å²) in [5, 5.41) is 10.3. The largest absolute Gasteiger partial charge is 0.465 e. The first-order valence-electron chi connectivity index (χ1n) is 10.5. The quantitative estimate of drug-likeness (QED) is 0.788. The molecule has 8 heteroatoms. The highest BCUT2D eigenvalue weighted by Gasteiger charge is 2.47. The lowest BCUT2D eigenvalue weighted by molar-refractivity contribution is -0.151. The van der Waals surface area contributed by atoms with Crippen molar-refractivity contribution >= 4 is 29.5 Å². The van der Waals surface area contributed by atoms with Crippen molar-refractivity contribution in [1.82, 2.24) is 14.7 Å². The van der Waals surface area contributed by atoms with Crippen LogP contribution in [0.2, 0.25) is 5.02 Å². The van der Waals surface area contributed by atoms with E-state index in [4.69, 9.17) is 11.6 Å². The fraction of sp³-hybridized carbons (Fsp3) is 0.500. The minimum absolute atomic E-state index is 0.0568. The number of carboxylic acid groups (broad SMARTS) is 1. The maximum atomic E-state index is 13.5. The van der Waals surface area contributed by atoms with Gasteiger partial charge >= 0.3 is 6.09 Å². The fourth-order valence-corrected chi connectivity index (χ4v) is 5.00. The van der Waals surface area contributed by atoms with E-state index in [1.165, 1.54) is 16.0 Å². The summed E-state index contributed by atoms with van der Waals surface area (Å²) in [7, 11) is 0. The van der Waals surface area contributed by atoms with Crippen LogP contribution in [0.5, 0.6) is 0 Å². The Labute approximate surface area is 180 Å². The number of carbonyl (C=O) groups is 3. The number of fused-ring (bicyclic) bond motifs is 1. The molecule has 0 bridgehead atoms. The average molecular weight is 432 g/mol. The lowest BCUT2D eigenvalue weighted by Gasteiger charge is -2.48. The van der Waals surface area contributed by atoms with Gasteiger partial charge in [0.05, 0.1) is 0 Å². The van der Waals surface area contributed by atoms with Crippen molar-refractivity contribution in [2.24, 2.45) is 5.92 Å². The van der Waals surface area contributed by atoms with Gasteiger partial charge < -0.3 is 10.0 Å². The number of nitrogens with zero attached hydrogens (tertiary/aromatic N) is 3. The number of benzene rings is 1. The molecule has 1 atom stereocenters. The van der Waals surface area contributed by atoms with Crippen molar-refractivity contribution in [1.29, 1.82) is 0 Å². The van der Waals surface area contributed by atoms with Crippen LogP contribution in [0.3, 0.4) is 0 Å². The number of carbonyl (C=O) groups excluding carboxylic acids is 2. The molecule has 4 rings (SSSR count). The molecule has 0 radical (unpaired) electrons. The Hall–Kier alpha value is -2.54. The third kappa shape index (κ3) is 4.03. The van der Waals surface area contributed by atoms with Crippen LogP contribution in [0, 0.1) is 5.92 Å². The van der Waals surface area contributed by atoms with Crippen molar-refractivity contribution in [2.45, 2.75) is 51.0 Å². The Morgan fingerprint density at radius 3 is 2.63 bits per heavy atom. The lowest BCUT2D eigenvalue weighted by Crippen LogP contribution is -2.62. The number of hydrogen-bond acceptors (Lipinski definition) is 3.